The molecule has 0 N–H and O–H groups in total. The van der Waals surface area contributed by atoms with Crippen LogP contribution in [0.4, 0.5) is 0 Å². The fourth-order valence-corrected chi connectivity index (χ4v) is 1.92. The van der Waals surface area contributed by atoms with E-state index in [2.05, 4.69) is 32.0 Å². The third kappa shape index (κ3) is 3.41. The van der Waals surface area contributed by atoms with Crippen LogP contribution < -0.4 is 0 Å². The molecule has 0 saturated heterocycles. The molecule has 0 heterocycles. The van der Waals surface area contributed by atoms with Crippen LogP contribution >= 0.6 is 0 Å². The lowest BCUT2D eigenvalue weighted by molar-refractivity contribution is 0.104. The van der Waals surface area contributed by atoms with E-state index in [1.165, 1.54) is 11.1 Å². The summed E-state index contributed by atoms with van der Waals surface area (Å²) in [4.78, 5) is 12.0. The SMILES string of the molecule is Cc1ccc(C(=O)C=Cc2cc(C)ccc2C)cc1. The highest BCUT2D eigenvalue weighted by Gasteiger charge is 2.01. The maximum absolute atomic E-state index is 12.0. The van der Waals surface area contributed by atoms with E-state index < -0.39 is 0 Å². The third-order valence-corrected chi connectivity index (χ3v) is 3.19. The van der Waals surface area contributed by atoms with E-state index in [0.717, 1.165) is 16.7 Å². The lowest BCUT2D eigenvalue weighted by Gasteiger charge is -2.02. The monoisotopic (exact) mass is 250 g/mol. The molecule has 2 aromatic carbocycles. The number of allylic oxidation sites excluding steroid dienone is 1. The van der Waals surface area contributed by atoms with Crippen LogP contribution in [-0.2, 0) is 0 Å². The largest absolute Gasteiger partial charge is 0.289 e. The average Bonchev–Trinajstić information content (AvgIpc) is 2.40. The molecule has 0 aliphatic heterocycles. The Kier molecular flexibility index (Phi) is 3.96. The van der Waals surface area contributed by atoms with E-state index in [-0.39, 0.29) is 5.78 Å². The van der Waals surface area contributed by atoms with Crippen LogP contribution in [0.25, 0.3) is 6.08 Å². The van der Waals surface area contributed by atoms with E-state index >= 15 is 0 Å². The van der Waals surface area contributed by atoms with Gasteiger partial charge in [-0.3, -0.25) is 4.79 Å². The molecule has 0 unspecified atom stereocenters. The maximum Gasteiger partial charge on any atom is 0.185 e. The number of hydrogen-bond donors (Lipinski definition) is 0. The van der Waals surface area contributed by atoms with Gasteiger partial charge in [0.05, 0.1) is 0 Å². The van der Waals surface area contributed by atoms with Gasteiger partial charge in [0.25, 0.3) is 0 Å². The summed E-state index contributed by atoms with van der Waals surface area (Å²) in [6, 6.07) is 13.9. The second-order valence-corrected chi connectivity index (χ2v) is 4.92. The summed E-state index contributed by atoms with van der Waals surface area (Å²) in [5.74, 6) is 0.0425. The van der Waals surface area contributed by atoms with Gasteiger partial charge in [0.1, 0.15) is 0 Å². The fraction of sp³-hybridized carbons (Fsp3) is 0.167. The van der Waals surface area contributed by atoms with E-state index in [9.17, 15) is 4.79 Å². The molecule has 0 aliphatic carbocycles. The van der Waals surface area contributed by atoms with Crippen molar-refractivity contribution in [1.82, 2.24) is 0 Å². The summed E-state index contributed by atoms with van der Waals surface area (Å²) in [5.41, 5.74) is 5.37. The highest BCUT2D eigenvalue weighted by molar-refractivity contribution is 6.06. The third-order valence-electron chi connectivity index (χ3n) is 3.19. The van der Waals surface area contributed by atoms with Gasteiger partial charge < -0.3 is 0 Å². The van der Waals surface area contributed by atoms with Crippen LogP contribution in [0.3, 0.4) is 0 Å². The number of rotatable bonds is 3. The van der Waals surface area contributed by atoms with Crippen molar-refractivity contribution in [3.63, 3.8) is 0 Å². The number of ketones is 1. The zero-order chi connectivity index (χ0) is 13.8. The Labute approximate surface area is 114 Å². The van der Waals surface area contributed by atoms with Crippen LogP contribution in [0.5, 0.6) is 0 Å². The van der Waals surface area contributed by atoms with Crippen molar-refractivity contribution in [2.24, 2.45) is 0 Å². The predicted octanol–water partition coefficient (Wildman–Crippen LogP) is 4.51. The average molecular weight is 250 g/mol. The molecule has 0 spiro atoms. The molecule has 0 saturated carbocycles. The number of aryl methyl sites for hydroxylation is 3. The Morgan fingerprint density at radius 3 is 2.21 bits per heavy atom. The first-order valence-electron chi connectivity index (χ1n) is 6.42. The molecule has 0 aromatic heterocycles. The Bertz CT molecular complexity index is 619. The lowest BCUT2D eigenvalue weighted by Crippen LogP contribution is -1.94. The van der Waals surface area contributed by atoms with Crippen LogP contribution in [0, 0.1) is 20.8 Å². The van der Waals surface area contributed by atoms with Crippen molar-refractivity contribution in [3.8, 4) is 0 Å². The summed E-state index contributed by atoms with van der Waals surface area (Å²) < 4.78 is 0. The van der Waals surface area contributed by atoms with E-state index in [1.54, 1.807) is 6.08 Å². The highest BCUT2D eigenvalue weighted by Crippen LogP contribution is 2.13. The highest BCUT2D eigenvalue weighted by atomic mass is 16.1. The van der Waals surface area contributed by atoms with Gasteiger partial charge in [-0.1, -0.05) is 59.7 Å². The van der Waals surface area contributed by atoms with Gasteiger partial charge in [0.15, 0.2) is 5.78 Å². The molecule has 19 heavy (non-hydrogen) atoms. The topological polar surface area (TPSA) is 17.1 Å². The number of carbonyl (C=O) groups is 1. The van der Waals surface area contributed by atoms with E-state index in [4.69, 9.17) is 0 Å². The molecule has 1 heteroatoms. The van der Waals surface area contributed by atoms with E-state index in [0.29, 0.717) is 0 Å². The number of hydrogen-bond acceptors (Lipinski definition) is 1. The fourth-order valence-electron chi connectivity index (χ4n) is 1.92. The lowest BCUT2D eigenvalue weighted by atomic mass is 10.0. The van der Waals surface area contributed by atoms with Crippen LogP contribution in [0.15, 0.2) is 48.5 Å². The first-order chi connectivity index (χ1) is 9.06. The molecule has 0 radical (unpaired) electrons. The molecule has 0 aliphatic rings. The summed E-state index contributed by atoms with van der Waals surface area (Å²) in [5, 5.41) is 0. The molecule has 0 bridgehead atoms. The van der Waals surface area contributed by atoms with Gasteiger partial charge in [-0.05, 0) is 38.0 Å². The van der Waals surface area contributed by atoms with Crippen molar-refractivity contribution >= 4 is 11.9 Å². The molecule has 0 atom stereocenters. The zero-order valence-electron chi connectivity index (χ0n) is 11.6. The molecular weight excluding hydrogens is 232 g/mol. The number of carbonyl (C=O) groups excluding carboxylic acids is 1. The minimum atomic E-state index is 0.0425. The Morgan fingerprint density at radius 2 is 1.53 bits per heavy atom. The van der Waals surface area contributed by atoms with E-state index in [1.807, 2.05) is 37.3 Å². The smallest absolute Gasteiger partial charge is 0.185 e. The first kappa shape index (κ1) is 13.3. The second-order valence-electron chi connectivity index (χ2n) is 4.92. The standard InChI is InChI=1S/C18H18O/c1-13-5-8-16(9-6-13)18(19)11-10-17-12-14(2)4-7-15(17)3/h4-12H,1-3H3. The van der Waals surface area contributed by atoms with Crippen LogP contribution in [0.1, 0.15) is 32.6 Å². The number of benzene rings is 2. The van der Waals surface area contributed by atoms with Gasteiger partial charge in [0.2, 0.25) is 0 Å². The summed E-state index contributed by atoms with van der Waals surface area (Å²) in [6.07, 6.45) is 3.54. The second kappa shape index (κ2) is 5.66. The normalized spacial score (nSPS) is 10.9. The van der Waals surface area contributed by atoms with Crippen molar-refractivity contribution in [2.45, 2.75) is 20.8 Å². The van der Waals surface area contributed by atoms with Crippen molar-refractivity contribution in [3.05, 3.63) is 76.4 Å². The molecule has 96 valence electrons. The molecule has 0 fully saturated rings. The Hall–Kier alpha value is -2.15. The van der Waals surface area contributed by atoms with Crippen molar-refractivity contribution < 1.29 is 4.79 Å². The summed E-state index contributed by atoms with van der Waals surface area (Å²) in [7, 11) is 0. The first-order valence-corrected chi connectivity index (χ1v) is 6.42. The molecule has 2 rings (SSSR count). The quantitative estimate of drug-likeness (QED) is 0.578. The van der Waals surface area contributed by atoms with Gasteiger partial charge in [-0.15, -0.1) is 0 Å². The van der Waals surface area contributed by atoms with Crippen LogP contribution in [-0.4, -0.2) is 5.78 Å². The van der Waals surface area contributed by atoms with Gasteiger partial charge in [0, 0.05) is 5.56 Å². The van der Waals surface area contributed by atoms with Crippen molar-refractivity contribution in [1.29, 1.82) is 0 Å². The summed E-state index contributed by atoms with van der Waals surface area (Å²) in [6.45, 7) is 6.12. The van der Waals surface area contributed by atoms with Gasteiger partial charge >= 0.3 is 0 Å². The summed E-state index contributed by atoms with van der Waals surface area (Å²) >= 11 is 0. The molecule has 0 amide bonds. The minimum absolute atomic E-state index is 0.0425. The molecule has 2 aromatic rings. The van der Waals surface area contributed by atoms with Gasteiger partial charge in [-0.25, -0.2) is 0 Å². The van der Waals surface area contributed by atoms with Crippen LogP contribution in [0.2, 0.25) is 0 Å². The predicted molar refractivity (Wildman–Crippen MR) is 80.5 cm³/mol. The molecule has 1 nitrogen and oxygen atoms in total. The van der Waals surface area contributed by atoms with Crippen molar-refractivity contribution in [2.75, 3.05) is 0 Å². The zero-order valence-corrected chi connectivity index (χ0v) is 11.6. The Morgan fingerprint density at radius 1 is 0.895 bits per heavy atom. The Balaban J connectivity index is 2.20. The molecular formula is C18H18O. The minimum Gasteiger partial charge on any atom is -0.289 e. The maximum atomic E-state index is 12.0. The van der Waals surface area contributed by atoms with Gasteiger partial charge in [-0.2, -0.15) is 0 Å².